The fourth-order valence-corrected chi connectivity index (χ4v) is 4.66. The first-order valence-electron chi connectivity index (χ1n) is 9.05. The van der Waals surface area contributed by atoms with Crippen LogP contribution in [0.25, 0.3) is 11.1 Å². The van der Waals surface area contributed by atoms with E-state index in [1.54, 1.807) is 12.1 Å². The van der Waals surface area contributed by atoms with Gasteiger partial charge in [0.25, 0.3) is 5.91 Å². The molecule has 1 saturated carbocycles. The molecule has 1 aliphatic carbocycles. The van der Waals surface area contributed by atoms with Crippen molar-refractivity contribution in [2.75, 3.05) is 13.1 Å². The number of hydrogen-bond donors (Lipinski definition) is 1. The number of carbonyl (C=O) groups is 1. The van der Waals surface area contributed by atoms with E-state index < -0.39 is 0 Å². The lowest BCUT2D eigenvalue weighted by Gasteiger charge is -2.27. The predicted octanol–water partition coefficient (Wildman–Crippen LogP) is 3.69. The Morgan fingerprint density at radius 2 is 1.88 bits per heavy atom. The number of halogens is 1. The van der Waals surface area contributed by atoms with Crippen LogP contribution in [-0.2, 0) is 0 Å². The Kier molecular flexibility index (Phi) is 4.30. The number of fused-ring (bicyclic) bond motifs is 1. The highest BCUT2D eigenvalue weighted by atomic mass is 19.1. The number of nitrogens with two attached hydrogens (primary N) is 1. The van der Waals surface area contributed by atoms with E-state index in [0.717, 1.165) is 17.7 Å². The van der Waals surface area contributed by atoms with Crippen molar-refractivity contribution in [3.05, 3.63) is 59.9 Å². The van der Waals surface area contributed by atoms with Crippen LogP contribution in [0.2, 0.25) is 0 Å². The van der Waals surface area contributed by atoms with Crippen LogP contribution in [0.5, 0.6) is 0 Å². The summed E-state index contributed by atoms with van der Waals surface area (Å²) >= 11 is 0. The minimum atomic E-state index is -0.275. The molecule has 1 saturated heterocycles. The van der Waals surface area contributed by atoms with Gasteiger partial charge in [-0.05, 0) is 54.0 Å². The smallest absolute Gasteiger partial charge is 0.254 e. The SMILES string of the molecule is NC[C@@H]1[C@H]2CCC[C@H]2CN1C(=O)c1ccccc1-c1ccc(F)cc1. The Balaban J connectivity index is 1.68. The van der Waals surface area contributed by atoms with Gasteiger partial charge in [-0.3, -0.25) is 4.79 Å². The molecule has 25 heavy (non-hydrogen) atoms. The molecule has 130 valence electrons. The summed E-state index contributed by atoms with van der Waals surface area (Å²) in [5, 5.41) is 0. The number of benzene rings is 2. The first-order valence-corrected chi connectivity index (χ1v) is 9.05. The van der Waals surface area contributed by atoms with E-state index in [0.29, 0.717) is 23.9 Å². The van der Waals surface area contributed by atoms with Crippen molar-refractivity contribution in [2.45, 2.75) is 25.3 Å². The molecular weight excluding hydrogens is 315 g/mol. The lowest BCUT2D eigenvalue weighted by atomic mass is 9.94. The van der Waals surface area contributed by atoms with Gasteiger partial charge in [0.05, 0.1) is 0 Å². The van der Waals surface area contributed by atoms with Gasteiger partial charge < -0.3 is 10.6 Å². The summed E-state index contributed by atoms with van der Waals surface area (Å²) in [5.74, 6) is 0.912. The van der Waals surface area contributed by atoms with Crippen LogP contribution in [0.4, 0.5) is 4.39 Å². The Morgan fingerprint density at radius 3 is 2.64 bits per heavy atom. The normalized spacial score (nSPS) is 25.2. The molecular formula is C21H23FN2O. The zero-order valence-electron chi connectivity index (χ0n) is 14.2. The summed E-state index contributed by atoms with van der Waals surface area (Å²) in [6, 6.07) is 14.0. The van der Waals surface area contributed by atoms with Crippen molar-refractivity contribution in [1.29, 1.82) is 0 Å². The largest absolute Gasteiger partial charge is 0.334 e. The average Bonchev–Trinajstić information content (AvgIpc) is 3.22. The third-order valence-electron chi connectivity index (χ3n) is 5.86. The number of likely N-dealkylation sites (tertiary alicyclic amines) is 1. The van der Waals surface area contributed by atoms with Crippen LogP contribution in [0.1, 0.15) is 29.6 Å². The molecule has 2 fully saturated rings. The first kappa shape index (κ1) is 16.3. The summed E-state index contributed by atoms with van der Waals surface area (Å²) in [7, 11) is 0. The summed E-state index contributed by atoms with van der Waals surface area (Å²) in [6.45, 7) is 1.33. The molecule has 3 nitrogen and oxygen atoms in total. The number of nitrogens with zero attached hydrogens (tertiary/aromatic N) is 1. The molecule has 3 atom stereocenters. The second-order valence-electron chi connectivity index (χ2n) is 7.17. The maximum absolute atomic E-state index is 13.3. The van der Waals surface area contributed by atoms with Gasteiger partial charge in [0.15, 0.2) is 0 Å². The van der Waals surface area contributed by atoms with E-state index in [1.165, 1.54) is 31.4 Å². The van der Waals surface area contributed by atoms with Crippen molar-refractivity contribution in [1.82, 2.24) is 4.90 Å². The van der Waals surface area contributed by atoms with Crippen molar-refractivity contribution >= 4 is 5.91 Å². The van der Waals surface area contributed by atoms with E-state index in [4.69, 9.17) is 5.73 Å². The van der Waals surface area contributed by atoms with Crippen LogP contribution in [-0.4, -0.2) is 29.9 Å². The highest BCUT2D eigenvalue weighted by molar-refractivity contribution is 6.01. The minimum Gasteiger partial charge on any atom is -0.334 e. The standard InChI is InChI=1S/C21H23FN2O/c22-16-10-8-14(9-11-16)17-5-1-2-6-19(17)21(25)24-13-15-4-3-7-18(15)20(24)12-23/h1-2,5-6,8-11,15,18,20H,3-4,7,12-13,23H2/t15-,18-,20+/m0/s1. The third-order valence-corrected chi connectivity index (χ3v) is 5.86. The number of amides is 1. The maximum Gasteiger partial charge on any atom is 0.254 e. The number of hydrogen-bond acceptors (Lipinski definition) is 2. The molecule has 0 spiro atoms. The molecule has 1 aliphatic heterocycles. The quantitative estimate of drug-likeness (QED) is 0.928. The Labute approximate surface area is 147 Å². The monoisotopic (exact) mass is 338 g/mol. The fraction of sp³-hybridized carbons (Fsp3) is 0.381. The van der Waals surface area contributed by atoms with Gasteiger partial charge in [-0.25, -0.2) is 4.39 Å². The summed E-state index contributed by atoms with van der Waals surface area (Å²) in [6.07, 6.45) is 3.63. The van der Waals surface area contributed by atoms with Crippen molar-refractivity contribution in [3.63, 3.8) is 0 Å². The molecule has 4 heteroatoms. The second-order valence-corrected chi connectivity index (χ2v) is 7.17. The van der Waals surface area contributed by atoms with Gasteiger partial charge in [-0.15, -0.1) is 0 Å². The van der Waals surface area contributed by atoms with Gasteiger partial charge in [-0.2, -0.15) is 0 Å². The van der Waals surface area contributed by atoms with E-state index in [2.05, 4.69) is 0 Å². The molecule has 2 aliphatic rings. The first-order chi connectivity index (χ1) is 12.2. The van der Waals surface area contributed by atoms with Crippen LogP contribution in [0.3, 0.4) is 0 Å². The van der Waals surface area contributed by atoms with E-state index >= 15 is 0 Å². The van der Waals surface area contributed by atoms with Crippen molar-refractivity contribution in [2.24, 2.45) is 17.6 Å². The molecule has 2 aromatic rings. The zero-order valence-corrected chi connectivity index (χ0v) is 14.2. The minimum absolute atomic E-state index is 0.0461. The van der Waals surface area contributed by atoms with Crippen LogP contribution < -0.4 is 5.73 Å². The summed E-state index contributed by atoms with van der Waals surface area (Å²) in [4.78, 5) is 15.3. The van der Waals surface area contributed by atoms with Crippen LogP contribution in [0, 0.1) is 17.7 Å². The van der Waals surface area contributed by atoms with Gasteiger partial charge in [0, 0.05) is 24.7 Å². The molecule has 2 N–H and O–H groups in total. The lowest BCUT2D eigenvalue weighted by molar-refractivity contribution is 0.0719. The van der Waals surface area contributed by atoms with Gasteiger partial charge in [-0.1, -0.05) is 36.8 Å². The van der Waals surface area contributed by atoms with E-state index in [1.807, 2.05) is 29.2 Å². The molecule has 0 radical (unpaired) electrons. The van der Waals surface area contributed by atoms with Crippen molar-refractivity contribution in [3.8, 4) is 11.1 Å². The fourth-order valence-electron chi connectivity index (χ4n) is 4.66. The van der Waals surface area contributed by atoms with Crippen LogP contribution >= 0.6 is 0 Å². The average molecular weight is 338 g/mol. The van der Waals surface area contributed by atoms with Crippen LogP contribution in [0.15, 0.2) is 48.5 Å². The molecule has 2 aromatic carbocycles. The highest BCUT2D eigenvalue weighted by Crippen LogP contribution is 2.42. The molecule has 0 aromatic heterocycles. The molecule has 0 unspecified atom stereocenters. The molecule has 4 rings (SSSR count). The zero-order chi connectivity index (χ0) is 17.4. The lowest BCUT2D eigenvalue weighted by Crippen LogP contribution is -2.42. The van der Waals surface area contributed by atoms with E-state index in [9.17, 15) is 9.18 Å². The molecule has 1 heterocycles. The summed E-state index contributed by atoms with van der Waals surface area (Å²) in [5.41, 5.74) is 8.40. The Bertz CT molecular complexity index is 774. The molecule has 0 bridgehead atoms. The van der Waals surface area contributed by atoms with Gasteiger partial charge in [0.1, 0.15) is 5.82 Å². The summed E-state index contributed by atoms with van der Waals surface area (Å²) < 4.78 is 13.2. The highest BCUT2D eigenvalue weighted by Gasteiger charge is 2.45. The third kappa shape index (κ3) is 2.85. The van der Waals surface area contributed by atoms with Gasteiger partial charge >= 0.3 is 0 Å². The van der Waals surface area contributed by atoms with E-state index in [-0.39, 0.29) is 17.8 Å². The molecule has 1 amide bonds. The Morgan fingerprint density at radius 1 is 1.12 bits per heavy atom. The predicted molar refractivity (Wildman–Crippen MR) is 96.5 cm³/mol. The topological polar surface area (TPSA) is 46.3 Å². The number of rotatable bonds is 3. The van der Waals surface area contributed by atoms with Gasteiger partial charge in [0.2, 0.25) is 0 Å². The number of carbonyl (C=O) groups excluding carboxylic acids is 1. The Hall–Kier alpha value is -2.20. The maximum atomic E-state index is 13.3. The van der Waals surface area contributed by atoms with Crippen molar-refractivity contribution < 1.29 is 9.18 Å². The second kappa shape index (κ2) is 6.60.